The van der Waals surface area contributed by atoms with Crippen LogP contribution in [-0.2, 0) is 0 Å². The summed E-state index contributed by atoms with van der Waals surface area (Å²) in [6.07, 6.45) is 0. The molecule has 1 aliphatic carbocycles. The Balaban J connectivity index is 2.33. The molecular formula is C16H14N2O2. The highest BCUT2D eigenvalue weighted by molar-refractivity contribution is 6.30. The summed E-state index contributed by atoms with van der Waals surface area (Å²) in [6, 6.07) is 10.5. The van der Waals surface area contributed by atoms with E-state index < -0.39 is 0 Å². The van der Waals surface area contributed by atoms with E-state index in [1.807, 2.05) is 6.07 Å². The average molecular weight is 266 g/mol. The van der Waals surface area contributed by atoms with Gasteiger partial charge in [-0.15, -0.1) is 0 Å². The van der Waals surface area contributed by atoms with Gasteiger partial charge in [-0.1, -0.05) is 24.3 Å². The van der Waals surface area contributed by atoms with Gasteiger partial charge in [0.1, 0.15) is 0 Å². The van der Waals surface area contributed by atoms with Crippen molar-refractivity contribution in [3.05, 3.63) is 58.7 Å². The Labute approximate surface area is 116 Å². The van der Waals surface area contributed by atoms with E-state index in [2.05, 4.69) is 10.6 Å². The standard InChI is InChI=1S/C16H14N2O2/c1-17-12-8-7-11-13(14(12)18-2)16(20)10-6-4-3-5-9(10)15(11)19/h3-8,17-18H,1-2H3. The third kappa shape index (κ3) is 1.54. The summed E-state index contributed by atoms with van der Waals surface area (Å²) < 4.78 is 0. The molecule has 0 spiro atoms. The monoisotopic (exact) mass is 266 g/mol. The third-order valence-corrected chi connectivity index (χ3v) is 3.61. The van der Waals surface area contributed by atoms with Crippen LogP contribution in [0.25, 0.3) is 0 Å². The molecular weight excluding hydrogens is 252 g/mol. The summed E-state index contributed by atoms with van der Waals surface area (Å²) in [5, 5.41) is 6.05. The summed E-state index contributed by atoms with van der Waals surface area (Å²) >= 11 is 0. The zero-order valence-electron chi connectivity index (χ0n) is 11.3. The molecule has 0 fully saturated rings. The van der Waals surface area contributed by atoms with E-state index in [9.17, 15) is 9.59 Å². The Bertz CT molecular complexity index is 735. The molecule has 20 heavy (non-hydrogen) atoms. The van der Waals surface area contributed by atoms with Crippen LogP contribution >= 0.6 is 0 Å². The van der Waals surface area contributed by atoms with Crippen molar-refractivity contribution < 1.29 is 9.59 Å². The van der Waals surface area contributed by atoms with Crippen molar-refractivity contribution in [3.8, 4) is 0 Å². The molecule has 0 unspecified atom stereocenters. The Morgan fingerprint density at radius 2 is 1.40 bits per heavy atom. The average Bonchev–Trinajstić information content (AvgIpc) is 2.51. The smallest absolute Gasteiger partial charge is 0.196 e. The fraction of sp³-hybridized carbons (Fsp3) is 0.125. The number of ketones is 2. The highest BCUT2D eigenvalue weighted by atomic mass is 16.1. The van der Waals surface area contributed by atoms with E-state index in [1.165, 1.54) is 0 Å². The number of hydrogen-bond acceptors (Lipinski definition) is 4. The van der Waals surface area contributed by atoms with Gasteiger partial charge in [-0.25, -0.2) is 0 Å². The van der Waals surface area contributed by atoms with Gasteiger partial charge in [-0.3, -0.25) is 9.59 Å². The lowest BCUT2D eigenvalue weighted by molar-refractivity contribution is 0.0979. The van der Waals surface area contributed by atoms with Crippen molar-refractivity contribution in [1.29, 1.82) is 0 Å². The molecule has 3 rings (SSSR count). The van der Waals surface area contributed by atoms with Gasteiger partial charge in [0.2, 0.25) is 0 Å². The first-order valence-electron chi connectivity index (χ1n) is 6.40. The first-order valence-corrected chi connectivity index (χ1v) is 6.40. The van der Waals surface area contributed by atoms with Gasteiger partial charge in [0.25, 0.3) is 0 Å². The number of benzene rings is 2. The van der Waals surface area contributed by atoms with E-state index >= 15 is 0 Å². The van der Waals surface area contributed by atoms with Crippen LogP contribution in [0.5, 0.6) is 0 Å². The lowest BCUT2D eigenvalue weighted by atomic mass is 9.83. The van der Waals surface area contributed by atoms with Crippen LogP contribution < -0.4 is 10.6 Å². The number of rotatable bonds is 2. The number of carbonyl (C=O) groups is 2. The predicted octanol–water partition coefficient (Wildman–Crippen LogP) is 2.55. The maximum Gasteiger partial charge on any atom is 0.196 e. The molecule has 0 heterocycles. The lowest BCUT2D eigenvalue weighted by Gasteiger charge is -2.22. The fourth-order valence-electron chi connectivity index (χ4n) is 2.65. The number of anilines is 2. The van der Waals surface area contributed by atoms with Crippen LogP contribution in [0.2, 0.25) is 0 Å². The van der Waals surface area contributed by atoms with Crippen molar-refractivity contribution in [2.75, 3.05) is 24.7 Å². The molecule has 0 atom stereocenters. The minimum absolute atomic E-state index is 0.102. The number of carbonyl (C=O) groups excluding carboxylic acids is 2. The molecule has 100 valence electrons. The Hall–Kier alpha value is -2.62. The summed E-state index contributed by atoms with van der Waals surface area (Å²) in [6.45, 7) is 0. The van der Waals surface area contributed by atoms with Crippen molar-refractivity contribution in [3.63, 3.8) is 0 Å². The van der Waals surface area contributed by atoms with E-state index in [-0.39, 0.29) is 11.6 Å². The molecule has 4 heteroatoms. The quantitative estimate of drug-likeness (QED) is 0.748. The normalized spacial score (nSPS) is 12.7. The van der Waals surface area contributed by atoms with E-state index in [4.69, 9.17) is 0 Å². The van der Waals surface area contributed by atoms with Crippen molar-refractivity contribution >= 4 is 22.9 Å². The Kier molecular flexibility index (Phi) is 2.79. The SMILES string of the molecule is CNc1ccc2c(c1NC)C(=O)c1ccccc1C2=O. The van der Waals surface area contributed by atoms with Crippen LogP contribution in [0, 0.1) is 0 Å². The minimum atomic E-state index is -0.114. The van der Waals surface area contributed by atoms with Gasteiger partial charge in [-0.05, 0) is 12.1 Å². The topological polar surface area (TPSA) is 58.2 Å². The Morgan fingerprint density at radius 1 is 0.750 bits per heavy atom. The van der Waals surface area contributed by atoms with Crippen LogP contribution in [-0.4, -0.2) is 25.7 Å². The van der Waals surface area contributed by atoms with Gasteiger partial charge in [-0.2, -0.15) is 0 Å². The molecule has 1 aliphatic rings. The molecule has 2 N–H and O–H groups in total. The van der Waals surface area contributed by atoms with Crippen LogP contribution in [0.15, 0.2) is 36.4 Å². The lowest BCUT2D eigenvalue weighted by Crippen LogP contribution is -2.22. The maximum atomic E-state index is 12.7. The predicted molar refractivity (Wildman–Crippen MR) is 78.8 cm³/mol. The van der Waals surface area contributed by atoms with Gasteiger partial charge in [0, 0.05) is 30.8 Å². The molecule has 0 aromatic heterocycles. The van der Waals surface area contributed by atoms with Crippen LogP contribution in [0.1, 0.15) is 31.8 Å². The van der Waals surface area contributed by atoms with Gasteiger partial charge < -0.3 is 10.6 Å². The maximum absolute atomic E-state index is 12.7. The Morgan fingerprint density at radius 3 is 2.00 bits per heavy atom. The summed E-state index contributed by atoms with van der Waals surface area (Å²) in [5.41, 5.74) is 3.31. The highest BCUT2D eigenvalue weighted by Crippen LogP contribution is 2.36. The molecule has 0 saturated carbocycles. The van der Waals surface area contributed by atoms with Crippen LogP contribution in [0.3, 0.4) is 0 Å². The second kappa shape index (κ2) is 4.49. The molecule has 2 aromatic carbocycles. The summed E-state index contributed by atoms with van der Waals surface area (Å²) in [5.74, 6) is -0.217. The first-order chi connectivity index (χ1) is 9.69. The zero-order chi connectivity index (χ0) is 14.3. The van der Waals surface area contributed by atoms with Gasteiger partial charge in [0.05, 0.1) is 16.9 Å². The number of hydrogen-bond donors (Lipinski definition) is 2. The molecule has 2 aromatic rings. The second-order valence-electron chi connectivity index (χ2n) is 4.61. The van der Waals surface area contributed by atoms with E-state index in [1.54, 1.807) is 44.4 Å². The first kappa shape index (κ1) is 12.4. The molecule has 0 aliphatic heterocycles. The molecule has 0 saturated heterocycles. The van der Waals surface area contributed by atoms with Crippen molar-refractivity contribution in [2.45, 2.75) is 0 Å². The summed E-state index contributed by atoms with van der Waals surface area (Å²) in [4.78, 5) is 25.2. The largest absolute Gasteiger partial charge is 0.386 e. The fourth-order valence-corrected chi connectivity index (χ4v) is 2.65. The number of nitrogens with one attached hydrogen (secondary N) is 2. The van der Waals surface area contributed by atoms with Crippen LogP contribution in [0.4, 0.5) is 11.4 Å². The molecule has 0 amide bonds. The third-order valence-electron chi connectivity index (χ3n) is 3.61. The summed E-state index contributed by atoms with van der Waals surface area (Å²) in [7, 11) is 3.53. The second-order valence-corrected chi connectivity index (χ2v) is 4.61. The van der Waals surface area contributed by atoms with Gasteiger partial charge >= 0.3 is 0 Å². The minimum Gasteiger partial charge on any atom is -0.386 e. The zero-order valence-corrected chi connectivity index (χ0v) is 11.3. The van der Waals surface area contributed by atoms with E-state index in [0.29, 0.717) is 27.9 Å². The van der Waals surface area contributed by atoms with Crippen molar-refractivity contribution in [2.24, 2.45) is 0 Å². The number of fused-ring (bicyclic) bond motifs is 2. The molecule has 0 radical (unpaired) electrons. The molecule has 4 nitrogen and oxygen atoms in total. The van der Waals surface area contributed by atoms with Crippen molar-refractivity contribution in [1.82, 2.24) is 0 Å². The molecule has 0 bridgehead atoms. The van der Waals surface area contributed by atoms with E-state index in [0.717, 1.165) is 5.69 Å². The van der Waals surface area contributed by atoms with Gasteiger partial charge in [0.15, 0.2) is 11.6 Å². The highest BCUT2D eigenvalue weighted by Gasteiger charge is 2.32.